The van der Waals surface area contributed by atoms with E-state index in [1.54, 1.807) is 13.2 Å². The maximum atomic E-state index is 13.4. The number of nitrogens with one attached hydrogen (secondary N) is 3. The minimum atomic E-state index is -0.400. The van der Waals surface area contributed by atoms with E-state index in [-0.39, 0.29) is 29.3 Å². The summed E-state index contributed by atoms with van der Waals surface area (Å²) in [5.41, 5.74) is 4.52. The van der Waals surface area contributed by atoms with Crippen LogP contribution in [0.15, 0.2) is 64.0 Å². The van der Waals surface area contributed by atoms with Crippen molar-refractivity contribution in [1.29, 1.82) is 0 Å². The molecule has 11 nitrogen and oxygen atoms in total. The Kier molecular flexibility index (Phi) is 9.55. The zero-order valence-corrected chi connectivity index (χ0v) is 27.8. The van der Waals surface area contributed by atoms with Crippen LogP contribution in [-0.4, -0.2) is 82.6 Å². The minimum absolute atomic E-state index is 0.0668. The van der Waals surface area contributed by atoms with Gasteiger partial charge in [0, 0.05) is 56.9 Å². The van der Waals surface area contributed by atoms with Gasteiger partial charge in [-0.05, 0) is 95.9 Å². The van der Waals surface area contributed by atoms with Crippen molar-refractivity contribution >= 4 is 45.0 Å². The van der Waals surface area contributed by atoms with Crippen LogP contribution in [0.1, 0.15) is 65.4 Å². The van der Waals surface area contributed by atoms with Gasteiger partial charge >= 0.3 is 0 Å². The number of amides is 3. The average molecular weight is 691 g/mol. The van der Waals surface area contributed by atoms with Gasteiger partial charge in [-0.1, -0.05) is 24.3 Å². The number of benzene rings is 2. The standard InChI is InChI=1S/C34H40BrN7O4/c1-40-19-25(17-27(20-40)38-29-18-36-41(2)34(46)31(29)35)22-3-5-24(6-4-22)33(45)42-15-13-23(14-16-42)21-7-9-26(10-8-21)37-28-11-12-30(43)39-32(28)44/h3-10,18,23,25,27-28,37-38H,11-17,19-20H2,1-2H3,(H,39,43,44)/t25-,27+,28?/m0/s1. The van der Waals surface area contributed by atoms with Crippen molar-refractivity contribution < 1.29 is 14.4 Å². The third-order valence-electron chi connectivity index (χ3n) is 9.44. The summed E-state index contributed by atoms with van der Waals surface area (Å²) < 4.78 is 1.79. The lowest BCUT2D eigenvalue weighted by Crippen LogP contribution is -2.47. The van der Waals surface area contributed by atoms with Gasteiger partial charge in [0.1, 0.15) is 10.5 Å². The molecule has 3 atom stereocenters. The number of halogens is 1. The summed E-state index contributed by atoms with van der Waals surface area (Å²) in [4.78, 5) is 53.4. The highest BCUT2D eigenvalue weighted by Crippen LogP contribution is 2.32. The Hall–Kier alpha value is -4.03. The van der Waals surface area contributed by atoms with E-state index >= 15 is 0 Å². The van der Waals surface area contributed by atoms with Crippen molar-refractivity contribution in [1.82, 2.24) is 24.9 Å². The zero-order valence-electron chi connectivity index (χ0n) is 26.2. The highest BCUT2D eigenvalue weighted by Gasteiger charge is 2.29. The summed E-state index contributed by atoms with van der Waals surface area (Å²) in [6, 6.07) is 16.0. The first-order valence-electron chi connectivity index (χ1n) is 15.9. The summed E-state index contributed by atoms with van der Waals surface area (Å²) in [6.07, 6.45) is 5.21. The molecule has 4 heterocycles. The number of aryl methyl sites for hydroxylation is 1. The minimum Gasteiger partial charge on any atom is -0.379 e. The number of aromatic nitrogens is 2. The maximum Gasteiger partial charge on any atom is 0.282 e. The monoisotopic (exact) mass is 689 g/mol. The van der Waals surface area contributed by atoms with Crippen molar-refractivity contribution in [3.63, 3.8) is 0 Å². The molecule has 3 N–H and O–H groups in total. The predicted octanol–water partition coefficient (Wildman–Crippen LogP) is 3.68. The molecule has 0 aliphatic carbocycles. The van der Waals surface area contributed by atoms with Gasteiger partial charge in [0.25, 0.3) is 11.5 Å². The quantitative estimate of drug-likeness (QED) is 0.321. The number of carbonyl (C=O) groups is 3. The van der Waals surface area contributed by atoms with Crippen LogP contribution in [0.2, 0.25) is 0 Å². The summed E-state index contributed by atoms with van der Waals surface area (Å²) >= 11 is 3.42. The van der Waals surface area contributed by atoms with E-state index in [1.807, 2.05) is 29.2 Å². The molecule has 242 valence electrons. The van der Waals surface area contributed by atoms with Crippen LogP contribution >= 0.6 is 15.9 Å². The SMILES string of the molecule is CN1C[C@H](Nc2cnn(C)c(=O)c2Br)C[C@H](c2ccc(C(=O)N3CCC(c4ccc(NC5CCC(=O)NC5=O)cc4)CC3)cc2)C1. The van der Waals surface area contributed by atoms with Crippen LogP contribution < -0.4 is 21.5 Å². The van der Waals surface area contributed by atoms with Crippen molar-refractivity contribution in [2.75, 3.05) is 43.9 Å². The van der Waals surface area contributed by atoms with Gasteiger partial charge in [-0.15, -0.1) is 0 Å². The molecule has 0 bridgehead atoms. The Bertz CT molecular complexity index is 1650. The molecule has 3 saturated heterocycles. The number of anilines is 2. The Morgan fingerprint density at radius 2 is 1.57 bits per heavy atom. The van der Waals surface area contributed by atoms with Gasteiger partial charge in [-0.2, -0.15) is 5.10 Å². The molecule has 1 aromatic heterocycles. The van der Waals surface area contributed by atoms with E-state index < -0.39 is 6.04 Å². The van der Waals surface area contributed by atoms with Crippen LogP contribution in [-0.2, 0) is 16.6 Å². The van der Waals surface area contributed by atoms with Gasteiger partial charge in [-0.25, -0.2) is 4.68 Å². The number of nitrogens with zero attached hydrogens (tertiary/aromatic N) is 4. The van der Waals surface area contributed by atoms with Crippen LogP contribution in [0.25, 0.3) is 0 Å². The first-order valence-corrected chi connectivity index (χ1v) is 16.7. The number of likely N-dealkylation sites (tertiary alicyclic amines) is 2. The molecule has 3 fully saturated rings. The van der Waals surface area contributed by atoms with E-state index in [4.69, 9.17) is 0 Å². The molecule has 6 rings (SSSR count). The number of imide groups is 1. The Morgan fingerprint density at radius 3 is 2.26 bits per heavy atom. The van der Waals surface area contributed by atoms with Crippen molar-refractivity contribution in [2.24, 2.45) is 7.05 Å². The van der Waals surface area contributed by atoms with E-state index in [0.29, 0.717) is 53.5 Å². The Morgan fingerprint density at radius 1 is 0.891 bits per heavy atom. The molecule has 46 heavy (non-hydrogen) atoms. The molecular weight excluding hydrogens is 650 g/mol. The smallest absolute Gasteiger partial charge is 0.282 e. The largest absolute Gasteiger partial charge is 0.379 e. The molecule has 0 radical (unpaired) electrons. The summed E-state index contributed by atoms with van der Waals surface area (Å²) in [5.74, 6) is 0.232. The lowest BCUT2D eigenvalue weighted by atomic mass is 9.87. The number of carbonyl (C=O) groups excluding carboxylic acids is 3. The molecule has 3 aliphatic heterocycles. The van der Waals surface area contributed by atoms with Gasteiger partial charge in [0.15, 0.2) is 0 Å². The van der Waals surface area contributed by atoms with Gasteiger partial charge < -0.3 is 20.4 Å². The summed E-state index contributed by atoms with van der Waals surface area (Å²) in [6.45, 7) is 3.18. The third-order valence-corrected chi connectivity index (χ3v) is 10.2. The fourth-order valence-corrected chi connectivity index (χ4v) is 7.35. The average Bonchev–Trinajstić information content (AvgIpc) is 3.06. The zero-order chi connectivity index (χ0) is 32.4. The van der Waals surface area contributed by atoms with Gasteiger partial charge in [0.2, 0.25) is 11.8 Å². The Labute approximate surface area is 276 Å². The second-order valence-electron chi connectivity index (χ2n) is 12.8. The number of hydrogen-bond acceptors (Lipinski definition) is 8. The molecule has 2 aromatic carbocycles. The number of rotatable bonds is 7. The van der Waals surface area contributed by atoms with Crippen molar-refractivity contribution in [3.05, 3.63) is 86.2 Å². The fourth-order valence-electron chi connectivity index (χ4n) is 6.88. The number of piperidine rings is 3. The lowest BCUT2D eigenvalue weighted by Gasteiger charge is -2.37. The topological polar surface area (TPSA) is 129 Å². The van der Waals surface area contributed by atoms with Crippen LogP contribution in [0.5, 0.6) is 0 Å². The maximum absolute atomic E-state index is 13.4. The van der Waals surface area contributed by atoms with E-state index in [2.05, 4.69) is 73.2 Å². The van der Waals surface area contributed by atoms with Crippen molar-refractivity contribution in [3.8, 4) is 0 Å². The summed E-state index contributed by atoms with van der Waals surface area (Å²) in [5, 5.41) is 13.3. The number of likely N-dealkylation sites (N-methyl/N-ethyl adjacent to an activating group) is 1. The predicted molar refractivity (Wildman–Crippen MR) is 180 cm³/mol. The molecule has 1 unspecified atom stereocenters. The molecular formula is C34H40BrN7O4. The fraction of sp³-hybridized carbons (Fsp3) is 0.441. The van der Waals surface area contributed by atoms with Crippen LogP contribution in [0.4, 0.5) is 11.4 Å². The van der Waals surface area contributed by atoms with E-state index in [1.165, 1.54) is 15.8 Å². The second kappa shape index (κ2) is 13.8. The molecule has 3 amide bonds. The van der Waals surface area contributed by atoms with Crippen LogP contribution in [0.3, 0.4) is 0 Å². The normalized spacial score (nSPS) is 22.8. The molecule has 0 spiro atoms. The van der Waals surface area contributed by atoms with Gasteiger partial charge in [-0.3, -0.25) is 24.5 Å². The van der Waals surface area contributed by atoms with E-state index in [9.17, 15) is 19.2 Å². The van der Waals surface area contributed by atoms with E-state index in [0.717, 1.165) is 38.0 Å². The first kappa shape index (κ1) is 31.9. The summed E-state index contributed by atoms with van der Waals surface area (Å²) in [7, 11) is 3.73. The number of hydrogen-bond donors (Lipinski definition) is 3. The molecule has 3 aliphatic rings. The lowest BCUT2D eigenvalue weighted by molar-refractivity contribution is -0.133. The highest BCUT2D eigenvalue weighted by molar-refractivity contribution is 9.10. The second-order valence-corrected chi connectivity index (χ2v) is 13.5. The first-order chi connectivity index (χ1) is 22.1. The third kappa shape index (κ3) is 7.18. The molecule has 3 aromatic rings. The van der Waals surface area contributed by atoms with Crippen LogP contribution in [0, 0.1) is 0 Å². The van der Waals surface area contributed by atoms with Crippen molar-refractivity contribution in [2.45, 2.75) is 56.0 Å². The van der Waals surface area contributed by atoms with Gasteiger partial charge in [0.05, 0.1) is 11.9 Å². The molecule has 0 saturated carbocycles. The highest BCUT2D eigenvalue weighted by atomic mass is 79.9. The molecule has 12 heteroatoms. The Balaban J connectivity index is 1.01.